The van der Waals surface area contributed by atoms with Crippen LogP contribution in [0.1, 0.15) is 5.56 Å². The predicted molar refractivity (Wildman–Crippen MR) is 71.6 cm³/mol. The Kier molecular flexibility index (Phi) is 3.53. The van der Waals surface area contributed by atoms with E-state index in [0.717, 1.165) is 0 Å². The molecule has 0 spiro atoms. The highest BCUT2D eigenvalue weighted by Crippen LogP contribution is 2.26. The number of hydrogen-bond acceptors (Lipinski definition) is 4. The van der Waals surface area contributed by atoms with Gasteiger partial charge in [-0.15, -0.1) is 0 Å². The fraction of sp³-hybridized carbons (Fsp3) is 0.0833. The van der Waals surface area contributed by atoms with Gasteiger partial charge >= 0.3 is 5.69 Å². The fourth-order valence-corrected chi connectivity index (χ4v) is 2.08. The van der Waals surface area contributed by atoms with Crippen LogP contribution >= 0.6 is 15.9 Å². The molecule has 0 aliphatic rings. The molecule has 1 aromatic heterocycles. The Morgan fingerprint density at radius 2 is 2.16 bits per heavy atom. The molecule has 0 aliphatic heterocycles. The van der Waals surface area contributed by atoms with E-state index < -0.39 is 11.2 Å². The fourth-order valence-electron chi connectivity index (χ4n) is 1.55. The maximum absolute atomic E-state index is 11.7. The number of ether oxygens (including phenoxy) is 1. The van der Waals surface area contributed by atoms with Gasteiger partial charge in [-0.2, -0.15) is 5.26 Å². The lowest BCUT2D eigenvalue weighted by atomic mass is 10.3. The number of hydrogen-bond donors (Lipinski definition) is 1. The molecule has 0 saturated carbocycles. The summed E-state index contributed by atoms with van der Waals surface area (Å²) in [5.74, 6) is 0.613. The minimum atomic E-state index is -0.698. The van der Waals surface area contributed by atoms with E-state index in [4.69, 9.17) is 10.00 Å². The highest BCUT2D eigenvalue weighted by molar-refractivity contribution is 9.10. The molecule has 6 nitrogen and oxygen atoms in total. The van der Waals surface area contributed by atoms with Gasteiger partial charge in [0.1, 0.15) is 17.4 Å². The normalized spacial score (nSPS) is 9.95. The van der Waals surface area contributed by atoms with Gasteiger partial charge in [-0.3, -0.25) is 14.3 Å². The summed E-state index contributed by atoms with van der Waals surface area (Å²) in [6, 6.07) is 6.70. The van der Waals surface area contributed by atoms with Crippen molar-refractivity contribution in [3.8, 4) is 17.5 Å². The summed E-state index contributed by atoms with van der Waals surface area (Å²) < 4.78 is 6.93. The van der Waals surface area contributed by atoms with Gasteiger partial charge < -0.3 is 4.74 Å². The highest BCUT2D eigenvalue weighted by Gasteiger charge is 2.08. The van der Waals surface area contributed by atoms with Crippen LogP contribution in [0.4, 0.5) is 0 Å². The third kappa shape index (κ3) is 2.44. The molecule has 1 aromatic carbocycles. The lowest BCUT2D eigenvalue weighted by Gasteiger charge is -2.08. The number of aromatic amines is 1. The van der Waals surface area contributed by atoms with Crippen LogP contribution in [-0.4, -0.2) is 16.7 Å². The summed E-state index contributed by atoms with van der Waals surface area (Å²) in [6.07, 6.45) is 1.20. The number of H-pyrrole nitrogens is 1. The first-order valence-corrected chi connectivity index (χ1v) is 5.96. The molecule has 7 heteroatoms. The second-order valence-corrected chi connectivity index (χ2v) is 4.46. The van der Waals surface area contributed by atoms with E-state index in [0.29, 0.717) is 15.9 Å². The maximum atomic E-state index is 11.7. The summed E-state index contributed by atoms with van der Waals surface area (Å²) in [7, 11) is 1.53. The van der Waals surface area contributed by atoms with Crippen molar-refractivity contribution in [3.63, 3.8) is 0 Å². The molecule has 0 atom stereocenters. The van der Waals surface area contributed by atoms with Crippen molar-refractivity contribution < 1.29 is 4.74 Å². The summed E-state index contributed by atoms with van der Waals surface area (Å²) in [6.45, 7) is 0. The number of aromatic nitrogens is 2. The molecule has 2 rings (SSSR count). The largest absolute Gasteiger partial charge is 0.496 e. The van der Waals surface area contributed by atoms with Crippen LogP contribution < -0.4 is 16.0 Å². The first-order valence-electron chi connectivity index (χ1n) is 5.17. The van der Waals surface area contributed by atoms with E-state index in [1.165, 1.54) is 17.9 Å². The summed E-state index contributed by atoms with van der Waals surface area (Å²) >= 11 is 3.30. The van der Waals surface area contributed by atoms with E-state index in [-0.39, 0.29) is 5.56 Å². The molecule has 0 radical (unpaired) electrons. The lowest BCUT2D eigenvalue weighted by molar-refractivity contribution is 0.412. The topological polar surface area (TPSA) is 87.9 Å². The number of nitrogens with zero attached hydrogens (tertiary/aromatic N) is 2. The van der Waals surface area contributed by atoms with Crippen LogP contribution in [-0.2, 0) is 0 Å². The summed E-state index contributed by atoms with van der Waals surface area (Å²) in [4.78, 5) is 25.1. The first kappa shape index (κ1) is 13.1. The zero-order valence-corrected chi connectivity index (χ0v) is 11.4. The van der Waals surface area contributed by atoms with E-state index >= 15 is 0 Å². The van der Waals surface area contributed by atoms with Gasteiger partial charge in [0.15, 0.2) is 0 Å². The van der Waals surface area contributed by atoms with Gasteiger partial charge in [0.05, 0.1) is 17.3 Å². The number of benzene rings is 1. The van der Waals surface area contributed by atoms with Crippen LogP contribution in [0.3, 0.4) is 0 Å². The van der Waals surface area contributed by atoms with Crippen LogP contribution in [0.2, 0.25) is 0 Å². The van der Waals surface area contributed by atoms with Crippen molar-refractivity contribution in [2.24, 2.45) is 0 Å². The average molecular weight is 322 g/mol. The quantitative estimate of drug-likeness (QED) is 0.899. The van der Waals surface area contributed by atoms with Crippen molar-refractivity contribution in [2.45, 2.75) is 0 Å². The van der Waals surface area contributed by atoms with Crippen LogP contribution in [0.25, 0.3) is 5.69 Å². The Morgan fingerprint density at radius 1 is 1.42 bits per heavy atom. The second kappa shape index (κ2) is 5.12. The third-order valence-corrected chi connectivity index (χ3v) is 3.10. The number of methoxy groups -OCH3 is 1. The van der Waals surface area contributed by atoms with Gasteiger partial charge in [-0.05, 0) is 34.1 Å². The Bertz CT molecular complexity index is 786. The van der Waals surface area contributed by atoms with Crippen LogP contribution in [0, 0.1) is 11.3 Å². The third-order valence-electron chi connectivity index (χ3n) is 2.48. The lowest BCUT2D eigenvalue weighted by Crippen LogP contribution is -2.30. The molecule has 0 fully saturated rings. The Hall–Kier alpha value is -2.33. The molecular formula is C12H8BrN3O3. The molecule has 0 unspecified atom stereocenters. The SMILES string of the molecule is COc1ccc(-n2cc(C#N)c(=O)[nH]c2=O)cc1Br. The van der Waals surface area contributed by atoms with Gasteiger partial charge in [0.25, 0.3) is 5.56 Å². The van der Waals surface area contributed by atoms with Gasteiger partial charge in [0.2, 0.25) is 0 Å². The highest BCUT2D eigenvalue weighted by atomic mass is 79.9. The minimum Gasteiger partial charge on any atom is -0.496 e. The van der Waals surface area contributed by atoms with Gasteiger partial charge in [0, 0.05) is 6.20 Å². The van der Waals surface area contributed by atoms with Crippen molar-refractivity contribution in [2.75, 3.05) is 7.11 Å². The molecule has 1 N–H and O–H groups in total. The van der Waals surface area contributed by atoms with Crippen molar-refractivity contribution in [1.29, 1.82) is 5.26 Å². The Labute approximate surface area is 116 Å². The van der Waals surface area contributed by atoms with Crippen molar-refractivity contribution >= 4 is 15.9 Å². The molecule has 0 bridgehead atoms. The summed E-state index contributed by atoms with van der Waals surface area (Å²) in [5, 5.41) is 8.80. The van der Waals surface area contributed by atoms with E-state index in [1.54, 1.807) is 24.3 Å². The molecule has 96 valence electrons. The number of halogens is 1. The molecule has 19 heavy (non-hydrogen) atoms. The molecule has 0 amide bonds. The standard InChI is InChI=1S/C12H8BrN3O3/c1-19-10-3-2-8(4-9(10)13)16-6-7(5-14)11(17)15-12(16)18/h2-4,6H,1H3,(H,15,17,18). The monoisotopic (exact) mass is 321 g/mol. The Morgan fingerprint density at radius 3 is 2.74 bits per heavy atom. The van der Waals surface area contributed by atoms with Crippen molar-refractivity contribution in [3.05, 3.63) is 55.3 Å². The van der Waals surface area contributed by atoms with Gasteiger partial charge in [-0.25, -0.2) is 4.79 Å². The molecular weight excluding hydrogens is 314 g/mol. The van der Waals surface area contributed by atoms with Crippen molar-refractivity contribution in [1.82, 2.24) is 9.55 Å². The molecule has 1 heterocycles. The van der Waals surface area contributed by atoms with Crippen LogP contribution in [0.15, 0.2) is 38.5 Å². The van der Waals surface area contributed by atoms with Gasteiger partial charge in [-0.1, -0.05) is 0 Å². The molecule has 0 saturated heterocycles. The first-order chi connectivity index (χ1) is 9.06. The summed E-state index contributed by atoms with van der Waals surface area (Å²) in [5.41, 5.74) is -0.936. The van der Waals surface area contributed by atoms with E-state index in [1.807, 2.05) is 0 Å². The van der Waals surface area contributed by atoms with E-state index in [9.17, 15) is 9.59 Å². The maximum Gasteiger partial charge on any atom is 0.332 e. The molecule has 0 aliphatic carbocycles. The zero-order valence-electron chi connectivity index (χ0n) is 9.81. The second-order valence-electron chi connectivity index (χ2n) is 3.60. The number of rotatable bonds is 2. The average Bonchev–Trinajstić information content (AvgIpc) is 2.39. The number of nitrogens with one attached hydrogen (secondary N) is 1. The Balaban J connectivity index is 2.66. The molecule has 2 aromatic rings. The number of nitriles is 1. The zero-order chi connectivity index (χ0) is 14.0. The van der Waals surface area contributed by atoms with E-state index in [2.05, 4.69) is 20.9 Å². The minimum absolute atomic E-state index is 0.133. The predicted octanol–water partition coefficient (Wildman–Crippen LogP) is 1.17. The smallest absolute Gasteiger partial charge is 0.332 e. The van der Waals surface area contributed by atoms with Crippen LogP contribution in [0.5, 0.6) is 5.75 Å².